The third kappa shape index (κ3) is 3.09. The molecule has 0 aliphatic rings. The van der Waals surface area contributed by atoms with Crippen molar-refractivity contribution >= 4 is 31.9 Å². The van der Waals surface area contributed by atoms with Gasteiger partial charge in [0.15, 0.2) is 0 Å². The number of halogens is 2. The van der Waals surface area contributed by atoms with Crippen molar-refractivity contribution in [2.75, 3.05) is 0 Å². The number of ether oxygens (including phenoxy) is 1. The van der Waals surface area contributed by atoms with E-state index < -0.39 is 0 Å². The summed E-state index contributed by atoms with van der Waals surface area (Å²) in [7, 11) is 0. The van der Waals surface area contributed by atoms with E-state index in [0.29, 0.717) is 6.61 Å². The Kier molecular flexibility index (Phi) is 4.02. The maximum atomic E-state index is 5.71. The predicted octanol–water partition coefficient (Wildman–Crippen LogP) is 4.79. The third-order valence-electron chi connectivity index (χ3n) is 2.13. The van der Waals surface area contributed by atoms with Crippen molar-refractivity contribution < 1.29 is 4.74 Å². The zero-order chi connectivity index (χ0) is 11.4. The van der Waals surface area contributed by atoms with E-state index in [2.05, 4.69) is 31.9 Å². The molecule has 2 aromatic rings. The summed E-state index contributed by atoms with van der Waals surface area (Å²) in [6.45, 7) is 0.584. The van der Waals surface area contributed by atoms with Gasteiger partial charge in [-0.05, 0) is 39.7 Å². The molecule has 0 saturated heterocycles. The van der Waals surface area contributed by atoms with Crippen molar-refractivity contribution in [2.45, 2.75) is 6.61 Å². The van der Waals surface area contributed by atoms with Crippen LogP contribution >= 0.6 is 31.9 Å². The Morgan fingerprint density at radius 2 is 1.69 bits per heavy atom. The van der Waals surface area contributed by atoms with E-state index in [1.807, 2.05) is 48.5 Å². The fourth-order valence-corrected chi connectivity index (χ4v) is 2.49. The Morgan fingerprint density at radius 1 is 0.938 bits per heavy atom. The lowest BCUT2D eigenvalue weighted by atomic mass is 10.2. The second-order valence-electron chi connectivity index (χ2n) is 3.35. The standard InChI is InChI=1S/C13H10Br2O/c14-11-6-7-13(12(15)8-11)16-9-10-4-2-1-3-5-10/h1-8H,9H2. The molecule has 0 bridgehead atoms. The van der Waals surface area contributed by atoms with Gasteiger partial charge in [-0.25, -0.2) is 0 Å². The molecule has 0 fully saturated rings. The molecule has 0 spiro atoms. The first-order valence-electron chi connectivity index (χ1n) is 4.87. The minimum atomic E-state index is 0.584. The zero-order valence-corrected chi connectivity index (χ0v) is 11.7. The minimum Gasteiger partial charge on any atom is -0.488 e. The molecule has 82 valence electrons. The van der Waals surface area contributed by atoms with Crippen LogP contribution in [0.3, 0.4) is 0 Å². The van der Waals surface area contributed by atoms with Gasteiger partial charge in [-0.3, -0.25) is 0 Å². The van der Waals surface area contributed by atoms with Gasteiger partial charge in [-0.2, -0.15) is 0 Å². The molecular formula is C13H10Br2O. The second-order valence-corrected chi connectivity index (χ2v) is 5.12. The summed E-state index contributed by atoms with van der Waals surface area (Å²) in [5.74, 6) is 0.854. The summed E-state index contributed by atoms with van der Waals surface area (Å²) >= 11 is 6.87. The summed E-state index contributed by atoms with van der Waals surface area (Å²) in [6, 6.07) is 16.0. The van der Waals surface area contributed by atoms with Crippen LogP contribution in [0.15, 0.2) is 57.5 Å². The monoisotopic (exact) mass is 340 g/mol. The summed E-state index contributed by atoms with van der Waals surface area (Å²) in [5.41, 5.74) is 1.16. The third-order valence-corrected chi connectivity index (χ3v) is 3.24. The van der Waals surface area contributed by atoms with Gasteiger partial charge < -0.3 is 4.74 Å². The van der Waals surface area contributed by atoms with Crippen LogP contribution in [0.4, 0.5) is 0 Å². The molecule has 0 atom stereocenters. The van der Waals surface area contributed by atoms with Gasteiger partial charge in [0, 0.05) is 4.47 Å². The maximum absolute atomic E-state index is 5.71. The van der Waals surface area contributed by atoms with Crippen LogP contribution in [0.2, 0.25) is 0 Å². The number of hydrogen-bond donors (Lipinski definition) is 0. The molecule has 0 N–H and O–H groups in total. The number of benzene rings is 2. The van der Waals surface area contributed by atoms with Gasteiger partial charge in [0.1, 0.15) is 12.4 Å². The fraction of sp³-hybridized carbons (Fsp3) is 0.0769. The van der Waals surface area contributed by atoms with Crippen molar-refractivity contribution in [3.63, 3.8) is 0 Å². The van der Waals surface area contributed by atoms with Crippen LogP contribution in [0, 0.1) is 0 Å². The zero-order valence-electron chi connectivity index (χ0n) is 8.49. The molecule has 0 unspecified atom stereocenters. The topological polar surface area (TPSA) is 9.23 Å². The van der Waals surface area contributed by atoms with Crippen molar-refractivity contribution in [2.24, 2.45) is 0 Å². The first-order valence-corrected chi connectivity index (χ1v) is 6.46. The summed E-state index contributed by atoms with van der Waals surface area (Å²) in [5, 5.41) is 0. The fourth-order valence-electron chi connectivity index (χ4n) is 1.33. The highest BCUT2D eigenvalue weighted by molar-refractivity contribution is 9.11. The van der Waals surface area contributed by atoms with Crippen molar-refractivity contribution in [1.82, 2.24) is 0 Å². The largest absolute Gasteiger partial charge is 0.488 e. The molecule has 2 aromatic carbocycles. The molecular weight excluding hydrogens is 332 g/mol. The Balaban J connectivity index is 2.05. The molecule has 3 heteroatoms. The first-order chi connectivity index (χ1) is 7.75. The summed E-state index contributed by atoms with van der Waals surface area (Å²) in [6.07, 6.45) is 0. The molecule has 0 heterocycles. The highest BCUT2D eigenvalue weighted by atomic mass is 79.9. The van der Waals surface area contributed by atoms with Gasteiger partial charge in [-0.15, -0.1) is 0 Å². The quantitative estimate of drug-likeness (QED) is 0.779. The van der Waals surface area contributed by atoms with E-state index in [1.165, 1.54) is 0 Å². The molecule has 0 saturated carbocycles. The molecule has 0 aliphatic carbocycles. The Labute approximate surface area is 112 Å². The van der Waals surface area contributed by atoms with E-state index >= 15 is 0 Å². The number of hydrogen-bond acceptors (Lipinski definition) is 1. The van der Waals surface area contributed by atoms with Crippen LogP contribution in [-0.4, -0.2) is 0 Å². The molecule has 0 aromatic heterocycles. The highest BCUT2D eigenvalue weighted by Gasteiger charge is 2.01. The molecule has 0 radical (unpaired) electrons. The van der Waals surface area contributed by atoms with Crippen LogP contribution in [0.1, 0.15) is 5.56 Å². The Morgan fingerprint density at radius 3 is 2.38 bits per heavy atom. The second kappa shape index (κ2) is 5.51. The first kappa shape index (κ1) is 11.7. The van der Waals surface area contributed by atoms with E-state index in [4.69, 9.17) is 4.74 Å². The smallest absolute Gasteiger partial charge is 0.134 e. The lowest BCUT2D eigenvalue weighted by Gasteiger charge is -2.08. The van der Waals surface area contributed by atoms with Crippen molar-refractivity contribution in [1.29, 1.82) is 0 Å². The van der Waals surface area contributed by atoms with Crippen LogP contribution in [-0.2, 0) is 6.61 Å². The lowest BCUT2D eigenvalue weighted by Crippen LogP contribution is -1.95. The summed E-state index contributed by atoms with van der Waals surface area (Å²) < 4.78 is 7.70. The minimum absolute atomic E-state index is 0.584. The molecule has 1 nitrogen and oxygen atoms in total. The Bertz CT molecular complexity index is 469. The molecule has 0 aliphatic heterocycles. The average Bonchev–Trinajstić information content (AvgIpc) is 2.29. The van der Waals surface area contributed by atoms with Gasteiger partial charge in [0.05, 0.1) is 4.47 Å². The number of rotatable bonds is 3. The normalized spacial score (nSPS) is 10.1. The van der Waals surface area contributed by atoms with Crippen molar-refractivity contribution in [3.8, 4) is 5.75 Å². The lowest BCUT2D eigenvalue weighted by molar-refractivity contribution is 0.304. The molecule has 0 amide bonds. The van der Waals surface area contributed by atoms with E-state index in [-0.39, 0.29) is 0 Å². The van der Waals surface area contributed by atoms with E-state index in [0.717, 1.165) is 20.3 Å². The highest BCUT2D eigenvalue weighted by Crippen LogP contribution is 2.28. The van der Waals surface area contributed by atoms with Crippen LogP contribution < -0.4 is 4.74 Å². The predicted molar refractivity (Wildman–Crippen MR) is 72.6 cm³/mol. The van der Waals surface area contributed by atoms with Crippen molar-refractivity contribution in [3.05, 3.63) is 63.0 Å². The van der Waals surface area contributed by atoms with E-state index in [9.17, 15) is 0 Å². The SMILES string of the molecule is Brc1ccc(OCc2ccccc2)c(Br)c1. The van der Waals surface area contributed by atoms with Crippen LogP contribution in [0.25, 0.3) is 0 Å². The van der Waals surface area contributed by atoms with Gasteiger partial charge in [-0.1, -0.05) is 46.3 Å². The summed E-state index contributed by atoms with van der Waals surface area (Å²) in [4.78, 5) is 0. The van der Waals surface area contributed by atoms with Gasteiger partial charge >= 0.3 is 0 Å². The Hall–Kier alpha value is -0.800. The van der Waals surface area contributed by atoms with Gasteiger partial charge in [0.25, 0.3) is 0 Å². The molecule has 16 heavy (non-hydrogen) atoms. The van der Waals surface area contributed by atoms with Crippen LogP contribution in [0.5, 0.6) is 5.75 Å². The average molecular weight is 342 g/mol. The molecule has 2 rings (SSSR count). The van der Waals surface area contributed by atoms with Gasteiger partial charge in [0.2, 0.25) is 0 Å². The maximum Gasteiger partial charge on any atom is 0.134 e. The van der Waals surface area contributed by atoms with E-state index in [1.54, 1.807) is 0 Å².